The number of nitrogens with zero attached hydrogens (tertiary/aromatic N) is 2. The highest BCUT2D eigenvalue weighted by Crippen LogP contribution is 2.15. The van der Waals surface area contributed by atoms with Crippen LogP contribution in [0.4, 0.5) is 0 Å². The van der Waals surface area contributed by atoms with E-state index in [1.54, 1.807) is 6.21 Å². The molecule has 2 aromatic carbocycles. The molecule has 4 rings (SSSR count). The van der Waals surface area contributed by atoms with Gasteiger partial charge in [-0.05, 0) is 42.3 Å². The molecule has 1 fully saturated rings. The van der Waals surface area contributed by atoms with E-state index in [1.807, 2.05) is 30.3 Å². The highest BCUT2D eigenvalue weighted by molar-refractivity contribution is 5.87. The van der Waals surface area contributed by atoms with Crippen LogP contribution in [0.15, 0.2) is 70.5 Å². The first-order valence-corrected chi connectivity index (χ1v) is 9.69. The molecule has 1 aliphatic heterocycles. The normalized spacial score (nSPS) is 16.3. The number of hydrogen-bond donors (Lipinski definition) is 1. The van der Waals surface area contributed by atoms with E-state index in [0.717, 1.165) is 49.8 Å². The molecule has 3 aromatic rings. The molecule has 0 radical (unpaired) electrons. The zero-order chi connectivity index (χ0) is 18.5. The van der Waals surface area contributed by atoms with Crippen molar-refractivity contribution in [2.24, 2.45) is 4.99 Å². The lowest BCUT2D eigenvalue weighted by Crippen LogP contribution is -2.36. The lowest BCUT2D eigenvalue weighted by Gasteiger charge is -2.30. The van der Waals surface area contributed by atoms with Gasteiger partial charge < -0.3 is 9.88 Å². The fourth-order valence-electron chi connectivity index (χ4n) is 3.67. The van der Waals surface area contributed by atoms with E-state index >= 15 is 0 Å². The first kappa shape index (κ1) is 17.7. The topological polar surface area (TPSA) is 48.5 Å². The number of H-pyrrole nitrogens is 1. The minimum atomic E-state index is -0.0715. The van der Waals surface area contributed by atoms with Crippen LogP contribution in [0.3, 0.4) is 0 Å². The van der Waals surface area contributed by atoms with Gasteiger partial charge in [0.1, 0.15) is 0 Å². The Bertz CT molecular complexity index is 970. The highest BCUT2D eigenvalue weighted by atomic mass is 16.1. The third kappa shape index (κ3) is 4.52. The van der Waals surface area contributed by atoms with E-state index in [1.165, 1.54) is 5.56 Å². The molecule has 0 aliphatic carbocycles. The first-order chi connectivity index (χ1) is 13.3. The predicted octanol–water partition coefficient (Wildman–Crippen LogP) is 3.65. The summed E-state index contributed by atoms with van der Waals surface area (Å²) in [5, 5.41) is 1.04. The summed E-state index contributed by atoms with van der Waals surface area (Å²) in [6.07, 6.45) is 4.96. The zero-order valence-corrected chi connectivity index (χ0v) is 15.5. The smallest absolute Gasteiger partial charge is 0.257 e. The number of likely N-dealkylation sites (tertiary alicyclic amines) is 1. The standard InChI is InChI=1S/C23H25N3O/c27-23-20(16-19-8-4-5-9-22(19)25-23)17-24-21-11-14-26(15-12-21)13-10-18-6-2-1-3-7-18/h1-9,16-17,21H,10-15H2,(H,25,27). The quantitative estimate of drug-likeness (QED) is 0.707. The van der Waals surface area contributed by atoms with Crippen LogP contribution in [0.2, 0.25) is 0 Å². The van der Waals surface area contributed by atoms with Crippen LogP contribution in [0, 0.1) is 0 Å². The number of nitrogens with one attached hydrogen (secondary N) is 1. The van der Waals surface area contributed by atoms with E-state index in [0.29, 0.717) is 11.6 Å². The molecule has 4 heteroatoms. The number of aromatic amines is 1. The Kier molecular flexibility index (Phi) is 5.45. The average Bonchev–Trinajstić information content (AvgIpc) is 2.72. The largest absolute Gasteiger partial charge is 0.321 e. The van der Waals surface area contributed by atoms with Crippen LogP contribution in [-0.2, 0) is 6.42 Å². The van der Waals surface area contributed by atoms with Gasteiger partial charge in [-0.2, -0.15) is 0 Å². The number of hydrogen-bond acceptors (Lipinski definition) is 3. The van der Waals surface area contributed by atoms with Gasteiger partial charge >= 0.3 is 0 Å². The minimum absolute atomic E-state index is 0.0715. The zero-order valence-electron chi connectivity index (χ0n) is 15.5. The van der Waals surface area contributed by atoms with Gasteiger partial charge in [-0.3, -0.25) is 9.79 Å². The van der Waals surface area contributed by atoms with E-state index in [9.17, 15) is 4.79 Å². The van der Waals surface area contributed by atoms with Gasteiger partial charge in [0.25, 0.3) is 5.56 Å². The van der Waals surface area contributed by atoms with Crippen molar-refractivity contribution in [2.75, 3.05) is 19.6 Å². The van der Waals surface area contributed by atoms with Crippen LogP contribution in [0.1, 0.15) is 24.0 Å². The third-order valence-electron chi connectivity index (χ3n) is 5.32. The molecule has 4 nitrogen and oxygen atoms in total. The second kappa shape index (κ2) is 8.31. The van der Waals surface area contributed by atoms with Gasteiger partial charge in [-0.1, -0.05) is 48.5 Å². The summed E-state index contributed by atoms with van der Waals surface area (Å²) in [5.41, 5.74) is 2.83. The number of rotatable bonds is 5. The Labute approximate surface area is 159 Å². The Hall–Kier alpha value is -2.72. The van der Waals surface area contributed by atoms with Crippen molar-refractivity contribution in [2.45, 2.75) is 25.3 Å². The van der Waals surface area contributed by atoms with Gasteiger partial charge in [-0.25, -0.2) is 0 Å². The SMILES string of the molecule is O=c1[nH]c2ccccc2cc1C=NC1CCN(CCc2ccccc2)CC1. The summed E-state index contributed by atoms with van der Waals surface area (Å²) in [5.74, 6) is 0. The number of aliphatic imine (C=N–C) groups is 1. The second-order valence-electron chi connectivity index (χ2n) is 7.23. The summed E-state index contributed by atoms with van der Waals surface area (Å²) >= 11 is 0. The van der Waals surface area contributed by atoms with Gasteiger partial charge in [0, 0.05) is 31.4 Å². The van der Waals surface area contributed by atoms with Crippen LogP contribution in [0.5, 0.6) is 0 Å². The van der Waals surface area contributed by atoms with Crippen molar-refractivity contribution in [1.29, 1.82) is 0 Å². The molecule has 1 aliphatic rings. The Morgan fingerprint density at radius 3 is 2.59 bits per heavy atom. The molecule has 0 bridgehead atoms. The van der Waals surface area contributed by atoms with Crippen molar-refractivity contribution in [3.63, 3.8) is 0 Å². The molecular formula is C23H25N3O. The van der Waals surface area contributed by atoms with Crippen molar-refractivity contribution in [1.82, 2.24) is 9.88 Å². The third-order valence-corrected chi connectivity index (χ3v) is 5.32. The number of para-hydroxylation sites is 1. The van der Waals surface area contributed by atoms with E-state index < -0.39 is 0 Å². The van der Waals surface area contributed by atoms with Gasteiger partial charge in [0.05, 0.1) is 11.6 Å². The fourth-order valence-corrected chi connectivity index (χ4v) is 3.67. The van der Waals surface area contributed by atoms with Crippen LogP contribution in [-0.4, -0.2) is 41.8 Å². The molecule has 2 heterocycles. The van der Waals surface area contributed by atoms with Crippen LogP contribution >= 0.6 is 0 Å². The summed E-state index contributed by atoms with van der Waals surface area (Å²) in [4.78, 5) is 22.4. The number of pyridine rings is 1. The maximum Gasteiger partial charge on any atom is 0.257 e. The number of piperidine rings is 1. The summed E-state index contributed by atoms with van der Waals surface area (Å²) in [6, 6.07) is 20.7. The van der Waals surface area contributed by atoms with Gasteiger partial charge in [-0.15, -0.1) is 0 Å². The molecule has 0 spiro atoms. The first-order valence-electron chi connectivity index (χ1n) is 9.69. The summed E-state index contributed by atoms with van der Waals surface area (Å²) < 4.78 is 0. The molecule has 0 saturated carbocycles. The number of aromatic nitrogens is 1. The minimum Gasteiger partial charge on any atom is -0.321 e. The van der Waals surface area contributed by atoms with Crippen molar-refractivity contribution in [3.05, 3.63) is 82.1 Å². The van der Waals surface area contributed by atoms with Crippen LogP contribution < -0.4 is 5.56 Å². The summed E-state index contributed by atoms with van der Waals surface area (Å²) in [7, 11) is 0. The van der Waals surface area contributed by atoms with Crippen molar-refractivity contribution >= 4 is 17.1 Å². The predicted molar refractivity (Wildman–Crippen MR) is 112 cm³/mol. The monoisotopic (exact) mass is 359 g/mol. The highest BCUT2D eigenvalue weighted by Gasteiger charge is 2.17. The molecule has 0 unspecified atom stereocenters. The second-order valence-corrected chi connectivity index (χ2v) is 7.23. The summed E-state index contributed by atoms with van der Waals surface area (Å²) in [6.45, 7) is 3.25. The molecule has 0 amide bonds. The van der Waals surface area contributed by atoms with Gasteiger partial charge in [0.2, 0.25) is 0 Å². The average molecular weight is 359 g/mol. The Balaban J connectivity index is 1.32. The molecule has 138 valence electrons. The number of benzene rings is 2. The maximum absolute atomic E-state index is 12.2. The lowest BCUT2D eigenvalue weighted by atomic mass is 10.0. The molecule has 1 saturated heterocycles. The van der Waals surface area contributed by atoms with E-state index in [-0.39, 0.29) is 5.56 Å². The Morgan fingerprint density at radius 2 is 1.78 bits per heavy atom. The van der Waals surface area contributed by atoms with Crippen molar-refractivity contribution in [3.8, 4) is 0 Å². The molecule has 0 atom stereocenters. The van der Waals surface area contributed by atoms with Gasteiger partial charge in [0.15, 0.2) is 0 Å². The molecule has 1 N–H and O–H groups in total. The van der Waals surface area contributed by atoms with E-state index in [4.69, 9.17) is 4.99 Å². The lowest BCUT2D eigenvalue weighted by molar-refractivity contribution is 0.216. The molecular weight excluding hydrogens is 334 g/mol. The van der Waals surface area contributed by atoms with Crippen molar-refractivity contribution < 1.29 is 0 Å². The molecule has 1 aromatic heterocycles. The fraction of sp³-hybridized carbons (Fsp3) is 0.304. The maximum atomic E-state index is 12.2. The molecule has 27 heavy (non-hydrogen) atoms. The van der Waals surface area contributed by atoms with E-state index in [2.05, 4.69) is 40.2 Å². The van der Waals surface area contributed by atoms with Crippen LogP contribution in [0.25, 0.3) is 10.9 Å². The Morgan fingerprint density at radius 1 is 1.04 bits per heavy atom. The number of fused-ring (bicyclic) bond motifs is 1.